The quantitative estimate of drug-likeness (QED) is 0.907. The van der Waals surface area contributed by atoms with E-state index < -0.39 is 0 Å². The van der Waals surface area contributed by atoms with Crippen LogP contribution < -0.4 is 5.73 Å². The molecule has 2 unspecified atom stereocenters. The van der Waals surface area contributed by atoms with Crippen molar-refractivity contribution in [3.8, 4) is 0 Å². The summed E-state index contributed by atoms with van der Waals surface area (Å²) in [5.41, 5.74) is 7.09. The summed E-state index contributed by atoms with van der Waals surface area (Å²) in [6.07, 6.45) is 2.59. The topological polar surface area (TPSA) is 46.3 Å². The van der Waals surface area contributed by atoms with Gasteiger partial charge in [-0.05, 0) is 36.6 Å². The van der Waals surface area contributed by atoms with Crippen LogP contribution in [0.4, 0.5) is 0 Å². The molecule has 0 spiro atoms. The Morgan fingerprint density at radius 2 is 2.11 bits per heavy atom. The number of amides is 1. The van der Waals surface area contributed by atoms with E-state index >= 15 is 0 Å². The molecule has 1 aromatic carbocycles. The number of hydrogen-bond acceptors (Lipinski definition) is 2. The maximum Gasteiger partial charge on any atom is 0.225 e. The second-order valence-corrected chi connectivity index (χ2v) is 6.33. The molecule has 2 aliphatic rings. The zero-order chi connectivity index (χ0) is 12.9. The van der Waals surface area contributed by atoms with Gasteiger partial charge >= 0.3 is 0 Å². The molecule has 0 bridgehead atoms. The third-order valence-corrected chi connectivity index (χ3v) is 4.46. The fraction of sp³-hybridized carbons (Fsp3) is 0.462. The van der Waals surface area contributed by atoms with Crippen LogP contribution in [-0.4, -0.2) is 22.9 Å². The van der Waals surface area contributed by atoms with Crippen molar-refractivity contribution in [3.63, 3.8) is 0 Å². The Hall–Kier alpha value is -0.580. The predicted octanol–water partition coefficient (Wildman–Crippen LogP) is 2.87. The number of carbonyl (C=O) groups is 1. The van der Waals surface area contributed by atoms with Crippen molar-refractivity contribution in [1.82, 2.24) is 4.90 Å². The molecule has 3 rings (SSSR count). The summed E-state index contributed by atoms with van der Waals surface area (Å²) in [6, 6.07) is 5.85. The number of halogens is 2. The van der Waals surface area contributed by atoms with Crippen molar-refractivity contribution in [2.24, 2.45) is 5.73 Å². The zero-order valence-electron chi connectivity index (χ0n) is 9.77. The second kappa shape index (κ2) is 4.51. The molecular weight excluding hydrogens is 316 g/mol. The summed E-state index contributed by atoms with van der Waals surface area (Å²) in [4.78, 5) is 14.0. The summed E-state index contributed by atoms with van der Waals surface area (Å²) in [5, 5.41) is 0.680. The molecule has 1 amide bonds. The molecule has 2 N–H and O–H groups in total. The van der Waals surface area contributed by atoms with E-state index in [4.69, 9.17) is 17.3 Å². The third kappa shape index (κ3) is 2.06. The maximum absolute atomic E-state index is 12.0. The van der Waals surface area contributed by atoms with Crippen molar-refractivity contribution in [2.75, 3.05) is 0 Å². The third-order valence-electron chi connectivity index (χ3n) is 3.62. The number of hydrogen-bond donors (Lipinski definition) is 1. The maximum atomic E-state index is 12.0. The summed E-state index contributed by atoms with van der Waals surface area (Å²) in [5.74, 6) is 0.158. The highest BCUT2D eigenvalue weighted by Gasteiger charge is 2.46. The van der Waals surface area contributed by atoms with E-state index in [9.17, 15) is 4.79 Å². The van der Waals surface area contributed by atoms with Crippen molar-refractivity contribution in [2.45, 2.75) is 37.4 Å². The Morgan fingerprint density at radius 1 is 1.39 bits per heavy atom. The Morgan fingerprint density at radius 3 is 2.78 bits per heavy atom. The molecule has 1 aliphatic heterocycles. The average molecular weight is 330 g/mol. The van der Waals surface area contributed by atoms with E-state index in [1.165, 1.54) is 0 Å². The highest BCUT2D eigenvalue weighted by atomic mass is 79.9. The van der Waals surface area contributed by atoms with Crippen molar-refractivity contribution in [3.05, 3.63) is 33.3 Å². The first kappa shape index (κ1) is 12.5. The van der Waals surface area contributed by atoms with E-state index in [-0.39, 0.29) is 18.0 Å². The fourth-order valence-corrected chi connectivity index (χ4v) is 3.29. The van der Waals surface area contributed by atoms with E-state index in [1.807, 2.05) is 23.1 Å². The van der Waals surface area contributed by atoms with Gasteiger partial charge < -0.3 is 10.6 Å². The van der Waals surface area contributed by atoms with E-state index in [2.05, 4.69) is 15.9 Å². The number of benzene rings is 1. The fourth-order valence-electron chi connectivity index (χ4n) is 2.69. The zero-order valence-corrected chi connectivity index (χ0v) is 12.1. The minimum absolute atomic E-state index is 0.0741. The van der Waals surface area contributed by atoms with Crippen LogP contribution in [0.3, 0.4) is 0 Å². The number of rotatable bonds is 2. The summed E-state index contributed by atoms with van der Waals surface area (Å²) in [6.45, 7) is 0. The molecule has 1 saturated carbocycles. The SMILES string of the molecule is NC1CC(=O)N(C2CC2)C1c1cc(Br)ccc1Cl. The van der Waals surface area contributed by atoms with Crippen LogP contribution in [0.1, 0.15) is 30.9 Å². The van der Waals surface area contributed by atoms with Crippen molar-refractivity contribution < 1.29 is 4.79 Å². The highest BCUT2D eigenvalue weighted by molar-refractivity contribution is 9.10. The molecule has 0 radical (unpaired) electrons. The molecule has 2 fully saturated rings. The van der Waals surface area contributed by atoms with Gasteiger partial charge in [0.25, 0.3) is 0 Å². The first-order chi connectivity index (χ1) is 8.58. The largest absolute Gasteiger partial charge is 0.331 e. The van der Waals surface area contributed by atoms with Crippen molar-refractivity contribution >= 4 is 33.4 Å². The highest BCUT2D eigenvalue weighted by Crippen LogP contribution is 2.43. The second-order valence-electron chi connectivity index (χ2n) is 5.01. The van der Waals surface area contributed by atoms with E-state index in [0.29, 0.717) is 17.5 Å². The van der Waals surface area contributed by atoms with Gasteiger partial charge in [-0.2, -0.15) is 0 Å². The van der Waals surface area contributed by atoms with Crippen LogP contribution >= 0.6 is 27.5 Å². The standard InChI is InChI=1S/C13H14BrClN2O/c14-7-1-4-10(15)9(5-7)13-11(16)6-12(18)17(13)8-2-3-8/h1,4-5,8,11,13H,2-3,6,16H2. The molecule has 1 saturated heterocycles. The van der Waals surface area contributed by atoms with Crippen LogP contribution in [0.25, 0.3) is 0 Å². The van der Waals surface area contributed by atoms with Gasteiger partial charge in [-0.15, -0.1) is 0 Å². The molecule has 5 heteroatoms. The Labute approximate surface area is 119 Å². The lowest BCUT2D eigenvalue weighted by atomic mass is 10.0. The van der Waals surface area contributed by atoms with Gasteiger partial charge in [0.1, 0.15) is 0 Å². The molecule has 1 aromatic rings. The molecule has 3 nitrogen and oxygen atoms in total. The monoisotopic (exact) mass is 328 g/mol. The van der Waals surface area contributed by atoms with Gasteiger partial charge in [-0.25, -0.2) is 0 Å². The minimum Gasteiger partial charge on any atom is -0.331 e. The molecule has 18 heavy (non-hydrogen) atoms. The first-order valence-electron chi connectivity index (χ1n) is 6.09. The van der Waals surface area contributed by atoms with Gasteiger partial charge in [0.15, 0.2) is 0 Å². The van der Waals surface area contributed by atoms with Crippen LogP contribution in [-0.2, 0) is 4.79 Å². The Kier molecular flexibility index (Phi) is 3.12. The number of nitrogens with two attached hydrogens (primary N) is 1. The smallest absolute Gasteiger partial charge is 0.225 e. The average Bonchev–Trinajstić information content (AvgIpc) is 3.09. The molecule has 0 aromatic heterocycles. The normalized spacial score (nSPS) is 27.9. The van der Waals surface area contributed by atoms with Crippen LogP contribution in [0.2, 0.25) is 5.02 Å². The molecular formula is C13H14BrClN2O. The number of carbonyl (C=O) groups excluding carboxylic acids is 1. The number of likely N-dealkylation sites (tertiary alicyclic amines) is 1. The minimum atomic E-state index is -0.162. The lowest BCUT2D eigenvalue weighted by Crippen LogP contribution is -2.34. The van der Waals surface area contributed by atoms with Crippen LogP contribution in [0.5, 0.6) is 0 Å². The molecule has 1 aliphatic carbocycles. The summed E-state index contributed by atoms with van der Waals surface area (Å²) in [7, 11) is 0. The van der Waals surface area contributed by atoms with Gasteiger partial charge in [-0.1, -0.05) is 27.5 Å². The lowest BCUT2D eigenvalue weighted by Gasteiger charge is -2.28. The van der Waals surface area contributed by atoms with Crippen LogP contribution in [0.15, 0.2) is 22.7 Å². The Balaban J connectivity index is 2.02. The lowest BCUT2D eigenvalue weighted by molar-refractivity contribution is -0.129. The van der Waals surface area contributed by atoms with Gasteiger partial charge in [0.2, 0.25) is 5.91 Å². The summed E-state index contributed by atoms with van der Waals surface area (Å²) >= 11 is 9.71. The van der Waals surface area contributed by atoms with Crippen molar-refractivity contribution in [1.29, 1.82) is 0 Å². The first-order valence-corrected chi connectivity index (χ1v) is 7.26. The Bertz CT molecular complexity index is 504. The van der Waals surface area contributed by atoms with Gasteiger partial charge in [-0.3, -0.25) is 4.79 Å². The van der Waals surface area contributed by atoms with Gasteiger partial charge in [0.05, 0.1) is 6.04 Å². The van der Waals surface area contributed by atoms with Crippen LogP contribution in [0, 0.1) is 0 Å². The molecule has 1 heterocycles. The molecule has 96 valence electrons. The number of nitrogens with zero attached hydrogens (tertiary/aromatic N) is 1. The van der Waals surface area contributed by atoms with E-state index in [1.54, 1.807) is 0 Å². The van der Waals surface area contributed by atoms with Gasteiger partial charge in [0, 0.05) is 28.0 Å². The predicted molar refractivity (Wildman–Crippen MR) is 74.4 cm³/mol. The molecule has 2 atom stereocenters. The summed E-state index contributed by atoms with van der Waals surface area (Å²) < 4.78 is 0.962. The van der Waals surface area contributed by atoms with E-state index in [0.717, 1.165) is 22.9 Å².